The van der Waals surface area contributed by atoms with Crippen molar-refractivity contribution >= 4 is 35.6 Å². The van der Waals surface area contributed by atoms with Crippen molar-refractivity contribution in [3.63, 3.8) is 0 Å². The van der Waals surface area contributed by atoms with Gasteiger partial charge in [0.2, 0.25) is 0 Å². The lowest BCUT2D eigenvalue weighted by Crippen LogP contribution is -2.44. The molecule has 2 N–H and O–H groups in total. The summed E-state index contributed by atoms with van der Waals surface area (Å²) in [6.07, 6.45) is 7.87. The molecular weight excluding hydrogens is 469 g/mol. The summed E-state index contributed by atoms with van der Waals surface area (Å²) in [6, 6.07) is 12.8. The number of pyridine rings is 1. The van der Waals surface area contributed by atoms with E-state index >= 15 is 0 Å². The molecule has 150 valence electrons. The maximum atomic E-state index is 10.8. The molecule has 0 atom stereocenters. The van der Waals surface area contributed by atoms with E-state index in [1.54, 1.807) is 18.3 Å². The Kier molecular flexibility index (Phi) is 9.12. The first-order valence-electron chi connectivity index (χ1n) is 9.39. The Labute approximate surface area is 182 Å². The molecule has 0 amide bonds. The van der Waals surface area contributed by atoms with Crippen molar-refractivity contribution < 1.29 is 4.92 Å². The fourth-order valence-corrected chi connectivity index (χ4v) is 3.16. The summed E-state index contributed by atoms with van der Waals surface area (Å²) in [5, 5.41) is 17.7. The van der Waals surface area contributed by atoms with Gasteiger partial charge in [-0.2, -0.15) is 0 Å². The molecule has 0 radical (unpaired) electrons. The van der Waals surface area contributed by atoms with Crippen molar-refractivity contribution in [1.29, 1.82) is 0 Å². The molecule has 28 heavy (non-hydrogen) atoms. The molecule has 1 aromatic heterocycles. The van der Waals surface area contributed by atoms with Crippen LogP contribution >= 0.6 is 24.0 Å². The molecule has 7 nitrogen and oxygen atoms in total. The number of guanidine groups is 1. The van der Waals surface area contributed by atoms with E-state index in [9.17, 15) is 10.1 Å². The van der Waals surface area contributed by atoms with Crippen LogP contribution in [0.25, 0.3) is 0 Å². The first-order valence-corrected chi connectivity index (χ1v) is 9.39. The van der Waals surface area contributed by atoms with Crippen LogP contribution in [0, 0.1) is 10.1 Å². The summed E-state index contributed by atoms with van der Waals surface area (Å²) in [7, 11) is 0. The van der Waals surface area contributed by atoms with Crippen LogP contribution in [0.3, 0.4) is 0 Å². The average Bonchev–Trinajstić information content (AvgIpc) is 2.72. The molecule has 1 saturated carbocycles. The zero-order valence-corrected chi connectivity index (χ0v) is 18.0. The molecule has 1 aliphatic carbocycles. The van der Waals surface area contributed by atoms with Crippen LogP contribution in [-0.4, -0.2) is 21.9 Å². The number of aliphatic imine (C=N–C) groups is 1. The highest BCUT2D eigenvalue weighted by Crippen LogP contribution is 2.17. The number of aromatic nitrogens is 1. The number of nitrogens with one attached hydrogen (secondary N) is 2. The summed E-state index contributed by atoms with van der Waals surface area (Å²) < 4.78 is 0. The lowest BCUT2D eigenvalue weighted by atomic mass is 9.96. The zero-order valence-electron chi connectivity index (χ0n) is 15.7. The Balaban J connectivity index is 0.00000280. The van der Waals surface area contributed by atoms with E-state index in [1.165, 1.54) is 31.4 Å². The fourth-order valence-electron chi connectivity index (χ4n) is 3.16. The smallest absolute Gasteiger partial charge is 0.269 e. The quantitative estimate of drug-likeness (QED) is 0.206. The Morgan fingerprint density at radius 1 is 1.14 bits per heavy atom. The van der Waals surface area contributed by atoms with Gasteiger partial charge < -0.3 is 10.6 Å². The minimum atomic E-state index is -0.391. The number of benzene rings is 1. The Bertz CT molecular complexity index is 762. The van der Waals surface area contributed by atoms with Gasteiger partial charge in [0, 0.05) is 24.4 Å². The fraction of sp³-hybridized carbons (Fsp3) is 0.400. The monoisotopic (exact) mass is 495 g/mol. The molecular formula is C20H26IN5O2. The first-order chi connectivity index (χ1) is 13.2. The predicted octanol–water partition coefficient (Wildman–Crippen LogP) is 4.18. The van der Waals surface area contributed by atoms with Crippen LogP contribution in [0.4, 0.5) is 5.69 Å². The summed E-state index contributed by atoms with van der Waals surface area (Å²) in [5.41, 5.74) is 1.98. The van der Waals surface area contributed by atoms with E-state index in [4.69, 9.17) is 0 Å². The molecule has 0 bridgehead atoms. The molecule has 2 aromatic rings. The van der Waals surface area contributed by atoms with E-state index in [0.29, 0.717) is 19.1 Å². The summed E-state index contributed by atoms with van der Waals surface area (Å²) in [5.74, 6) is 0.755. The third-order valence-electron chi connectivity index (χ3n) is 4.68. The molecule has 3 rings (SSSR count). The lowest BCUT2D eigenvalue weighted by Gasteiger charge is -2.25. The van der Waals surface area contributed by atoms with Crippen LogP contribution in [-0.2, 0) is 13.1 Å². The highest BCUT2D eigenvalue weighted by molar-refractivity contribution is 14.0. The van der Waals surface area contributed by atoms with Gasteiger partial charge >= 0.3 is 0 Å². The molecule has 1 aromatic carbocycles. The summed E-state index contributed by atoms with van der Waals surface area (Å²) in [4.78, 5) is 19.4. The predicted molar refractivity (Wildman–Crippen MR) is 121 cm³/mol. The Hall–Kier alpha value is -2.23. The van der Waals surface area contributed by atoms with E-state index in [-0.39, 0.29) is 29.7 Å². The lowest BCUT2D eigenvalue weighted by molar-refractivity contribution is -0.384. The SMILES string of the molecule is I.O=[N+]([O-])c1ccc(CN=C(NCc2ccccn2)NC2CCCCC2)cc1. The standard InChI is InChI=1S/C20H25N5O2.HI/c26-25(27)19-11-9-16(10-12-19)14-22-20(24-17-6-2-1-3-7-17)23-15-18-8-4-5-13-21-18;/h4-5,8-13,17H,1-3,6-7,14-15H2,(H2,22,23,24);1H. The minimum absolute atomic E-state index is 0. The first kappa shape index (κ1) is 22.1. The molecule has 1 fully saturated rings. The topological polar surface area (TPSA) is 92.5 Å². The number of hydrogen-bond donors (Lipinski definition) is 2. The van der Waals surface area contributed by atoms with E-state index in [1.807, 2.05) is 18.2 Å². The second kappa shape index (κ2) is 11.6. The normalized spacial score (nSPS) is 14.8. The van der Waals surface area contributed by atoms with E-state index in [0.717, 1.165) is 30.1 Å². The third-order valence-corrected chi connectivity index (χ3v) is 4.68. The molecule has 1 aliphatic rings. The zero-order chi connectivity index (χ0) is 18.9. The Morgan fingerprint density at radius 2 is 1.89 bits per heavy atom. The van der Waals surface area contributed by atoms with Crippen LogP contribution in [0.15, 0.2) is 53.7 Å². The molecule has 0 spiro atoms. The van der Waals surface area contributed by atoms with E-state index in [2.05, 4.69) is 20.6 Å². The number of non-ortho nitro benzene ring substituents is 1. The largest absolute Gasteiger partial charge is 0.354 e. The minimum Gasteiger partial charge on any atom is -0.354 e. The van der Waals surface area contributed by atoms with Gasteiger partial charge in [0.15, 0.2) is 5.96 Å². The molecule has 8 heteroatoms. The molecule has 0 unspecified atom stereocenters. The highest BCUT2D eigenvalue weighted by Gasteiger charge is 2.14. The van der Waals surface area contributed by atoms with Gasteiger partial charge in [0.25, 0.3) is 5.69 Å². The van der Waals surface area contributed by atoms with Crippen LogP contribution in [0.2, 0.25) is 0 Å². The van der Waals surface area contributed by atoms with Gasteiger partial charge in [-0.15, -0.1) is 24.0 Å². The number of nitrogens with zero attached hydrogens (tertiary/aromatic N) is 3. The summed E-state index contributed by atoms with van der Waals surface area (Å²) >= 11 is 0. The van der Waals surface area contributed by atoms with Crippen molar-refractivity contribution in [2.75, 3.05) is 0 Å². The van der Waals surface area contributed by atoms with Crippen LogP contribution in [0.5, 0.6) is 0 Å². The second-order valence-electron chi connectivity index (χ2n) is 6.74. The van der Waals surface area contributed by atoms with E-state index < -0.39 is 4.92 Å². The molecule has 1 heterocycles. The molecule has 0 aliphatic heterocycles. The summed E-state index contributed by atoms with van der Waals surface area (Å²) in [6.45, 7) is 1.06. The van der Waals surface area contributed by atoms with Crippen molar-refractivity contribution in [1.82, 2.24) is 15.6 Å². The van der Waals surface area contributed by atoms with Crippen molar-refractivity contribution in [2.24, 2.45) is 4.99 Å². The maximum Gasteiger partial charge on any atom is 0.269 e. The van der Waals surface area contributed by atoms with Crippen LogP contribution < -0.4 is 10.6 Å². The Morgan fingerprint density at radius 3 is 2.54 bits per heavy atom. The average molecular weight is 495 g/mol. The number of halogens is 1. The maximum absolute atomic E-state index is 10.8. The number of nitro benzene ring substituents is 1. The van der Waals surface area contributed by atoms with Gasteiger partial charge in [-0.1, -0.05) is 37.5 Å². The van der Waals surface area contributed by atoms with Crippen molar-refractivity contribution in [2.45, 2.75) is 51.2 Å². The van der Waals surface area contributed by atoms with Crippen molar-refractivity contribution in [3.8, 4) is 0 Å². The van der Waals surface area contributed by atoms with Gasteiger partial charge in [0.1, 0.15) is 0 Å². The second-order valence-corrected chi connectivity index (χ2v) is 6.74. The molecule has 0 saturated heterocycles. The third kappa shape index (κ3) is 7.06. The van der Waals surface area contributed by atoms with Crippen LogP contribution in [0.1, 0.15) is 43.4 Å². The van der Waals surface area contributed by atoms with Crippen molar-refractivity contribution in [3.05, 3.63) is 70.0 Å². The van der Waals surface area contributed by atoms with Gasteiger partial charge in [-0.05, 0) is 30.5 Å². The van der Waals surface area contributed by atoms with Gasteiger partial charge in [-0.25, -0.2) is 4.99 Å². The highest BCUT2D eigenvalue weighted by atomic mass is 127. The van der Waals surface area contributed by atoms with Gasteiger partial charge in [0.05, 0.1) is 23.7 Å². The number of hydrogen-bond acceptors (Lipinski definition) is 4. The van der Waals surface area contributed by atoms with Gasteiger partial charge in [-0.3, -0.25) is 15.1 Å². The number of nitro groups is 1. The number of rotatable bonds is 6.